The van der Waals surface area contributed by atoms with Gasteiger partial charge in [0.25, 0.3) is 0 Å². The van der Waals surface area contributed by atoms with Crippen LogP contribution in [0.25, 0.3) is 0 Å². The maximum Gasteiger partial charge on any atom is 0.317 e. The van der Waals surface area contributed by atoms with Gasteiger partial charge in [-0.3, -0.25) is 4.79 Å². The molecule has 0 aliphatic carbocycles. The molecule has 138 valence electrons. The zero-order valence-electron chi connectivity index (χ0n) is 15.0. The molecule has 0 bridgehead atoms. The predicted molar refractivity (Wildman–Crippen MR) is 102 cm³/mol. The number of carbonyl (C=O) groups excluding carboxylic acids is 2. The second kappa shape index (κ2) is 10.2. The summed E-state index contributed by atoms with van der Waals surface area (Å²) in [5.41, 5.74) is 8.07. The Hall–Kier alpha value is -2.86. The minimum atomic E-state index is -0.244. The standard InChI is InChI=1S/C20H26N4O2/c1-24(15-16-8-4-2-5-9-16)20(26)22-13-12-19(25)23-14-18(21)17-10-6-3-7-11-17/h2-11,18H,12-15,21H2,1H3,(H,22,26)(H,23,25). The van der Waals surface area contributed by atoms with Crippen LogP contribution < -0.4 is 16.4 Å². The van der Waals surface area contributed by atoms with Crippen LogP contribution >= 0.6 is 0 Å². The molecule has 0 radical (unpaired) electrons. The number of carbonyl (C=O) groups is 2. The second-order valence-corrected chi connectivity index (χ2v) is 6.14. The van der Waals surface area contributed by atoms with Gasteiger partial charge in [-0.1, -0.05) is 60.7 Å². The average molecular weight is 354 g/mol. The van der Waals surface area contributed by atoms with Crippen molar-refractivity contribution in [1.29, 1.82) is 0 Å². The third kappa shape index (κ3) is 6.57. The van der Waals surface area contributed by atoms with Gasteiger partial charge >= 0.3 is 6.03 Å². The summed E-state index contributed by atoms with van der Waals surface area (Å²) in [5.74, 6) is -0.137. The molecule has 0 aliphatic heterocycles. The average Bonchev–Trinajstić information content (AvgIpc) is 2.67. The minimum absolute atomic E-state index is 0.137. The Morgan fingerprint density at radius 2 is 1.62 bits per heavy atom. The highest BCUT2D eigenvalue weighted by Gasteiger charge is 2.10. The van der Waals surface area contributed by atoms with E-state index in [1.807, 2.05) is 60.7 Å². The zero-order chi connectivity index (χ0) is 18.8. The lowest BCUT2D eigenvalue weighted by molar-refractivity contribution is -0.121. The molecule has 0 saturated heterocycles. The second-order valence-electron chi connectivity index (χ2n) is 6.14. The van der Waals surface area contributed by atoms with Crippen LogP contribution in [0.2, 0.25) is 0 Å². The summed E-state index contributed by atoms with van der Waals surface area (Å²) >= 11 is 0. The van der Waals surface area contributed by atoms with Gasteiger partial charge in [0, 0.05) is 39.1 Å². The molecule has 2 rings (SSSR count). The van der Waals surface area contributed by atoms with Crippen LogP contribution in [0.1, 0.15) is 23.6 Å². The SMILES string of the molecule is CN(Cc1ccccc1)C(=O)NCCC(=O)NCC(N)c1ccccc1. The molecule has 0 aromatic heterocycles. The summed E-state index contributed by atoms with van der Waals surface area (Å²) in [5, 5.41) is 5.54. The molecule has 1 atom stereocenters. The molecule has 3 amide bonds. The number of hydrogen-bond donors (Lipinski definition) is 3. The van der Waals surface area contributed by atoms with Crippen molar-refractivity contribution >= 4 is 11.9 Å². The fraction of sp³-hybridized carbons (Fsp3) is 0.300. The third-order valence-electron chi connectivity index (χ3n) is 3.98. The molecule has 0 aliphatic rings. The van der Waals surface area contributed by atoms with Gasteiger partial charge < -0.3 is 21.3 Å². The topological polar surface area (TPSA) is 87.5 Å². The van der Waals surface area contributed by atoms with Crippen LogP contribution in [0.5, 0.6) is 0 Å². The van der Waals surface area contributed by atoms with Gasteiger partial charge in [0.1, 0.15) is 0 Å². The third-order valence-corrected chi connectivity index (χ3v) is 3.98. The number of urea groups is 1. The van der Waals surface area contributed by atoms with E-state index in [1.165, 1.54) is 0 Å². The first-order chi connectivity index (χ1) is 12.6. The molecule has 0 saturated carbocycles. The highest BCUT2D eigenvalue weighted by Crippen LogP contribution is 2.07. The van der Waals surface area contributed by atoms with Gasteiger partial charge in [-0.05, 0) is 11.1 Å². The number of nitrogens with one attached hydrogen (secondary N) is 2. The molecule has 2 aromatic carbocycles. The lowest BCUT2D eigenvalue weighted by atomic mass is 10.1. The number of rotatable bonds is 8. The maximum absolute atomic E-state index is 12.0. The maximum atomic E-state index is 12.0. The molecule has 0 fully saturated rings. The normalized spacial score (nSPS) is 11.5. The van der Waals surface area contributed by atoms with Crippen molar-refractivity contribution in [3.8, 4) is 0 Å². The van der Waals surface area contributed by atoms with Crippen LogP contribution in [0, 0.1) is 0 Å². The van der Waals surface area contributed by atoms with Crippen LogP contribution in [0.4, 0.5) is 4.79 Å². The minimum Gasteiger partial charge on any atom is -0.354 e. The van der Waals surface area contributed by atoms with Crippen molar-refractivity contribution in [3.05, 3.63) is 71.8 Å². The molecule has 4 N–H and O–H groups in total. The molecule has 6 nitrogen and oxygen atoms in total. The van der Waals surface area contributed by atoms with Gasteiger partial charge in [0.05, 0.1) is 0 Å². The Kier molecular flexibility index (Phi) is 7.64. The summed E-state index contributed by atoms with van der Waals surface area (Å²) in [4.78, 5) is 25.5. The molecular formula is C20H26N4O2. The Bertz CT molecular complexity index is 691. The van der Waals surface area contributed by atoms with E-state index in [0.29, 0.717) is 13.1 Å². The monoisotopic (exact) mass is 354 g/mol. The first-order valence-electron chi connectivity index (χ1n) is 8.66. The molecule has 1 unspecified atom stereocenters. The highest BCUT2D eigenvalue weighted by atomic mass is 16.2. The Labute approximate surface area is 154 Å². The van der Waals surface area contributed by atoms with Crippen molar-refractivity contribution in [2.75, 3.05) is 20.1 Å². The Morgan fingerprint density at radius 3 is 2.27 bits per heavy atom. The summed E-state index contributed by atoms with van der Waals surface area (Å²) in [6, 6.07) is 18.9. The molecule has 6 heteroatoms. The van der Waals surface area contributed by atoms with E-state index < -0.39 is 0 Å². The molecular weight excluding hydrogens is 328 g/mol. The smallest absolute Gasteiger partial charge is 0.317 e. The Balaban J connectivity index is 1.63. The van der Waals surface area contributed by atoms with Crippen LogP contribution in [0.3, 0.4) is 0 Å². The quantitative estimate of drug-likeness (QED) is 0.678. The first kappa shape index (κ1) is 19.5. The molecule has 0 spiro atoms. The fourth-order valence-electron chi connectivity index (χ4n) is 2.48. The number of benzene rings is 2. The summed E-state index contributed by atoms with van der Waals surface area (Å²) < 4.78 is 0. The van der Waals surface area contributed by atoms with Gasteiger partial charge in [-0.2, -0.15) is 0 Å². The van der Waals surface area contributed by atoms with E-state index in [1.54, 1.807) is 11.9 Å². The summed E-state index contributed by atoms with van der Waals surface area (Å²) in [7, 11) is 1.72. The van der Waals surface area contributed by atoms with Crippen molar-refractivity contribution in [1.82, 2.24) is 15.5 Å². The lowest BCUT2D eigenvalue weighted by Gasteiger charge is -2.18. The summed E-state index contributed by atoms with van der Waals surface area (Å²) in [6.45, 7) is 1.17. The van der Waals surface area contributed by atoms with E-state index in [0.717, 1.165) is 11.1 Å². The summed E-state index contributed by atoms with van der Waals surface area (Å²) in [6.07, 6.45) is 0.215. The lowest BCUT2D eigenvalue weighted by Crippen LogP contribution is -2.39. The van der Waals surface area contributed by atoms with E-state index in [9.17, 15) is 9.59 Å². The van der Waals surface area contributed by atoms with E-state index in [2.05, 4.69) is 10.6 Å². The number of nitrogens with two attached hydrogens (primary N) is 1. The van der Waals surface area contributed by atoms with E-state index in [4.69, 9.17) is 5.73 Å². The van der Waals surface area contributed by atoms with Gasteiger partial charge in [-0.25, -0.2) is 4.79 Å². The van der Waals surface area contributed by atoms with E-state index in [-0.39, 0.29) is 30.9 Å². The Morgan fingerprint density at radius 1 is 1.00 bits per heavy atom. The highest BCUT2D eigenvalue weighted by molar-refractivity contribution is 5.78. The van der Waals surface area contributed by atoms with E-state index >= 15 is 0 Å². The molecule has 26 heavy (non-hydrogen) atoms. The van der Waals surface area contributed by atoms with Crippen LogP contribution in [-0.2, 0) is 11.3 Å². The predicted octanol–water partition coefficient (Wildman–Crippen LogP) is 2.03. The molecule has 0 heterocycles. The van der Waals surface area contributed by atoms with Gasteiger partial charge in [-0.15, -0.1) is 0 Å². The zero-order valence-corrected chi connectivity index (χ0v) is 15.0. The molecule has 2 aromatic rings. The van der Waals surface area contributed by atoms with Crippen LogP contribution in [0.15, 0.2) is 60.7 Å². The fourth-order valence-corrected chi connectivity index (χ4v) is 2.48. The van der Waals surface area contributed by atoms with Crippen molar-refractivity contribution in [3.63, 3.8) is 0 Å². The van der Waals surface area contributed by atoms with Crippen molar-refractivity contribution in [2.24, 2.45) is 5.73 Å². The van der Waals surface area contributed by atoms with Gasteiger partial charge in [0.15, 0.2) is 0 Å². The first-order valence-corrected chi connectivity index (χ1v) is 8.66. The largest absolute Gasteiger partial charge is 0.354 e. The van der Waals surface area contributed by atoms with Crippen molar-refractivity contribution in [2.45, 2.75) is 19.0 Å². The number of nitrogens with zero attached hydrogens (tertiary/aromatic N) is 1. The van der Waals surface area contributed by atoms with Crippen molar-refractivity contribution < 1.29 is 9.59 Å². The number of hydrogen-bond acceptors (Lipinski definition) is 3. The number of amides is 3. The van der Waals surface area contributed by atoms with Crippen LogP contribution in [-0.4, -0.2) is 37.0 Å². The van der Waals surface area contributed by atoms with Gasteiger partial charge in [0.2, 0.25) is 5.91 Å².